The third kappa shape index (κ3) is 5.07. The maximum Gasteiger partial charge on any atom is 0.202 e. The number of carbonyl (C=O) groups excluding carboxylic acids is 1. The van der Waals surface area contributed by atoms with Crippen molar-refractivity contribution in [3.8, 4) is 0 Å². The summed E-state index contributed by atoms with van der Waals surface area (Å²) in [6.07, 6.45) is 0.673. The molecule has 0 saturated carbocycles. The monoisotopic (exact) mass is 337 g/mol. The fourth-order valence-corrected chi connectivity index (χ4v) is 2.66. The van der Waals surface area contributed by atoms with Crippen LogP contribution in [-0.4, -0.2) is 33.4 Å². The Morgan fingerprint density at radius 1 is 1.35 bits per heavy atom. The molecular weight excluding hydrogens is 317 g/mol. The van der Waals surface area contributed by atoms with E-state index in [1.807, 2.05) is 0 Å². The molecule has 1 aromatic heterocycles. The van der Waals surface area contributed by atoms with Gasteiger partial charge in [0, 0.05) is 36.3 Å². The summed E-state index contributed by atoms with van der Waals surface area (Å²) < 4.78 is 17.2. The van der Waals surface area contributed by atoms with Crippen molar-refractivity contribution in [1.82, 2.24) is 9.36 Å². The molecule has 2 rings (SSSR count). The van der Waals surface area contributed by atoms with Crippen LogP contribution in [0.15, 0.2) is 24.3 Å². The van der Waals surface area contributed by atoms with Crippen LogP contribution in [0, 0.1) is 5.82 Å². The summed E-state index contributed by atoms with van der Waals surface area (Å²) in [6, 6.07) is 6.47. The lowest BCUT2D eigenvalue weighted by atomic mass is 9.85. The van der Waals surface area contributed by atoms with Crippen LogP contribution in [0.3, 0.4) is 0 Å². The van der Waals surface area contributed by atoms with Crippen LogP contribution in [0.5, 0.6) is 0 Å². The number of aliphatic hydroxyl groups is 1. The molecule has 0 fully saturated rings. The van der Waals surface area contributed by atoms with Gasteiger partial charge in [-0.15, -0.1) is 0 Å². The number of hydrogen-bond acceptors (Lipinski definition) is 6. The topological polar surface area (TPSA) is 75.1 Å². The van der Waals surface area contributed by atoms with E-state index in [2.05, 4.69) is 28.5 Å². The van der Waals surface area contributed by atoms with Crippen molar-refractivity contribution >= 4 is 22.4 Å². The SMILES string of the molecule is CC(C)(CNc1nc(CCC(=O)CO)ns1)c1ccc(F)cc1. The number of anilines is 1. The number of aromatic nitrogens is 2. The third-order valence-corrected chi connectivity index (χ3v) is 4.29. The van der Waals surface area contributed by atoms with Crippen molar-refractivity contribution < 1.29 is 14.3 Å². The lowest BCUT2D eigenvalue weighted by Crippen LogP contribution is -2.27. The van der Waals surface area contributed by atoms with E-state index in [4.69, 9.17) is 5.11 Å². The number of aliphatic hydroxyl groups excluding tert-OH is 1. The Bertz CT molecular complexity index is 656. The lowest BCUT2D eigenvalue weighted by Gasteiger charge is -2.25. The van der Waals surface area contributed by atoms with E-state index >= 15 is 0 Å². The van der Waals surface area contributed by atoms with Gasteiger partial charge in [-0.2, -0.15) is 4.37 Å². The quantitative estimate of drug-likeness (QED) is 0.774. The van der Waals surface area contributed by atoms with Gasteiger partial charge in [-0.05, 0) is 17.7 Å². The van der Waals surface area contributed by atoms with Crippen molar-refractivity contribution in [2.45, 2.75) is 32.1 Å². The second-order valence-electron chi connectivity index (χ2n) is 5.96. The summed E-state index contributed by atoms with van der Waals surface area (Å²) >= 11 is 1.24. The number of nitrogens with zero attached hydrogens (tertiary/aromatic N) is 2. The zero-order valence-electron chi connectivity index (χ0n) is 13.2. The van der Waals surface area contributed by atoms with Crippen LogP contribution in [0.2, 0.25) is 0 Å². The van der Waals surface area contributed by atoms with Crippen LogP contribution < -0.4 is 5.32 Å². The van der Waals surface area contributed by atoms with Crippen LogP contribution in [-0.2, 0) is 16.6 Å². The Morgan fingerprint density at radius 3 is 2.70 bits per heavy atom. The first kappa shape index (κ1) is 17.5. The Morgan fingerprint density at radius 2 is 2.04 bits per heavy atom. The van der Waals surface area contributed by atoms with Crippen molar-refractivity contribution in [3.63, 3.8) is 0 Å². The van der Waals surface area contributed by atoms with E-state index in [1.165, 1.54) is 23.7 Å². The fourth-order valence-electron chi connectivity index (χ4n) is 2.06. The molecule has 23 heavy (non-hydrogen) atoms. The van der Waals surface area contributed by atoms with Gasteiger partial charge in [0.25, 0.3) is 0 Å². The van der Waals surface area contributed by atoms with Crippen LogP contribution in [0.25, 0.3) is 0 Å². The average Bonchev–Trinajstić information content (AvgIpc) is 2.99. The summed E-state index contributed by atoms with van der Waals surface area (Å²) in [6.45, 7) is 4.31. The second-order valence-corrected chi connectivity index (χ2v) is 6.71. The maximum atomic E-state index is 13.0. The van der Waals surface area contributed by atoms with E-state index in [0.29, 0.717) is 23.9 Å². The molecule has 0 unspecified atom stereocenters. The third-order valence-electron chi connectivity index (χ3n) is 3.58. The van der Waals surface area contributed by atoms with Gasteiger partial charge < -0.3 is 10.4 Å². The first-order chi connectivity index (χ1) is 10.9. The first-order valence-corrected chi connectivity index (χ1v) is 8.13. The Labute approximate surface area is 138 Å². The van der Waals surface area contributed by atoms with Gasteiger partial charge in [-0.1, -0.05) is 26.0 Å². The summed E-state index contributed by atoms with van der Waals surface area (Å²) in [7, 11) is 0. The minimum absolute atomic E-state index is 0.188. The van der Waals surface area contributed by atoms with Crippen LogP contribution >= 0.6 is 11.5 Å². The molecule has 0 spiro atoms. The van der Waals surface area contributed by atoms with Crippen molar-refractivity contribution in [2.75, 3.05) is 18.5 Å². The Hall–Kier alpha value is -1.86. The molecule has 0 amide bonds. The van der Waals surface area contributed by atoms with Gasteiger partial charge in [0.05, 0.1) is 0 Å². The van der Waals surface area contributed by atoms with Crippen molar-refractivity contribution in [1.29, 1.82) is 0 Å². The Kier molecular flexibility index (Phi) is 5.79. The minimum atomic E-state index is -0.443. The van der Waals surface area contributed by atoms with E-state index in [0.717, 1.165) is 5.56 Å². The zero-order chi connectivity index (χ0) is 16.9. The molecule has 0 aliphatic rings. The zero-order valence-corrected chi connectivity index (χ0v) is 14.0. The van der Waals surface area contributed by atoms with Crippen molar-refractivity contribution in [2.24, 2.45) is 0 Å². The second kappa shape index (κ2) is 7.61. The van der Waals surface area contributed by atoms with Crippen LogP contribution in [0.1, 0.15) is 31.7 Å². The predicted molar refractivity (Wildman–Crippen MR) is 88.2 cm³/mol. The smallest absolute Gasteiger partial charge is 0.202 e. The van der Waals surface area contributed by atoms with E-state index in [-0.39, 0.29) is 23.4 Å². The molecule has 0 aliphatic carbocycles. The summed E-state index contributed by atoms with van der Waals surface area (Å²) in [4.78, 5) is 15.4. The highest BCUT2D eigenvalue weighted by Crippen LogP contribution is 2.24. The molecular formula is C16H20FN3O2S. The van der Waals surface area contributed by atoms with E-state index in [9.17, 15) is 9.18 Å². The van der Waals surface area contributed by atoms with Gasteiger partial charge in [0.1, 0.15) is 18.2 Å². The predicted octanol–water partition coefficient (Wildman–Crippen LogP) is 2.56. The lowest BCUT2D eigenvalue weighted by molar-refractivity contribution is -0.121. The van der Waals surface area contributed by atoms with Gasteiger partial charge >= 0.3 is 0 Å². The highest BCUT2D eigenvalue weighted by Gasteiger charge is 2.21. The van der Waals surface area contributed by atoms with E-state index in [1.54, 1.807) is 12.1 Å². The minimum Gasteiger partial charge on any atom is -0.389 e. The maximum absolute atomic E-state index is 13.0. The molecule has 0 atom stereocenters. The number of hydrogen-bond donors (Lipinski definition) is 2. The molecule has 0 saturated heterocycles. The summed E-state index contributed by atoms with van der Waals surface area (Å²) in [5.74, 6) is 0.134. The normalized spacial score (nSPS) is 11.5. The number of nitrogens with one attached hydrogen (secondary N) is 1. The molecule has 5 nitrogen and oxygen atoms in total. The number of Topliss-reactive ketones (excluding diaryl/α,β-unsaturated/α-hetero) is 1. The average molecular weight is 337 g/mol. The van der Waals surface area contributed by atoms with Crippen LogP contribution in [0.4, 0.5) is 9.52 Å². The number of aryl methyl sites for hydroxylation is 1. The van der Waals surface area contributed by atoms with Gasteiger partial charge in [-0.3, -0.25) is 4.79 Å². The standard InChI is InChI=1S/C16H20FN3O2S/c1-16(2,11-3-5-12(17)6-4-11)10-18-15-19-14(20-23-15)8-7-13(22)9-21/h3-6,21H,7-10H2,1-2H3,(H,18,19,20). The fraction of sp³-hybridized carbons (Fsp3) is 0.438. The number of carbonyl (C=O) groups is 1. The highest BCUT2D eigenvalue weighted by molar-refractivity contribution is 7.09. The number of rotatable bonds is 8. The Balaban J connectivity index is 1.91. The van der Waals surface area contributed by atoms with Gasteiger partial charge in [0.15, 0.2) is 5.78 Å². The van der Waals surface area contributed by atoms with Gasteiger partial charge in [0.2, 0.25) is 5.13 Å². The highest BCUT2D eigenvalue weighted by atomic mass is 32.1. The molecule has 0 radical (unpaired) electrons. The number of benzene rings is 1. The summed E-state index contributed by atoms with van der Waals surface area (Å²) in [5.41, 5.74) is 0.844. The molecule has 0 aliphatic heterocycles. The first-order valence-electron chi connectivity index (χ1n) is 7.36. The molecule has 124 valence electrons. The molecule has 1 heterocycles. The van der Waals surface area contributed by atoms with Gasteiger partial charge in [-0.25, -0.2) is 9.37 Å². The number of halogens is 1. The molecule has 1 aromatic carbocycles. The number of ketones is 1. The van der Waals surface area contributed by atoms with E-state index < -0.39 is 6.61 Å². The molecule has 2 N–H and O–H groups in total. The summed E-state index contributed by atoms with van der Waals surface area (Å²) in [5, 5.41) is 12.6. The molecule has 2 aromatic rings. The molecule has 7 heteroatoms. The van der Waals surface area contributed by atoms with Crippen molar-refractivity contribution in [3.05, 3.63) is 41.5 Å². The largest absolute Gasteiger partial charge is 0.389 e. The molecule has 0 bridgehead atoms.